The van der Waals surface area contributed by atoms with E-state index in [4.69, 9.17) is 15.2 Å². The van der Waals surface area contributed by atoms with Crippen LogP contribution >= 0.6 is 0 Å². The summed E-state index contributed by atoms with van der Waals surface area (Å²) in [6.07, 6.45) is 2.94. The molecule has 1 aliphatic heterocycles. The van der Waals surface area contributed by atoms with E-state index < -0.39 is 5.60 Å². The van der Waals surface area contributed by atoms with Gasteiger partial charge in [-0.2, -0.15) is 5.10 Å². The third-order valence-electron chi connectivity index (χ3n) is 2.83. The molecule has 1 atom stereocenters. The number of rotatable bonds is 2. The molecule has 0 aliphatic carbocycles. The van der Waals surface area contributed by atoms with Crippen molar-refractivity contribution in [2.45, 2.75) is 39.0 Å². The van der Waals surface area contributed by atoms with E-state index in [1.54, 1.807) is 22.0 Å². The molecule has 1 aliphatic rings. The Kier molecular flexibility index (Phi) is 4.17. The molecule has 2 heterocycles. The second-order valence-electron chi connectivity index (χ2n) is 5.91. The first kappa shape index (κ1) is 14.6. The fraction of sp³-hybridized carbons (Fsp3) is 0.692. The summed E-state index contributed by atoms with van der Waals surface area (Å²) in [6.45, 7) is 7.68. The van der Waals surface area contributed by atoms with E-state index in [-0.39, 0.29) is 12.2 Å². The van der Waals surface area contributed by atoms with Gasteiger partial charge in [-0.1, -0.05) is 0 Å². The predicted octanol–water partition coefficient (Wildman–Crippen LogP) is 1.10. The molecular formula is C13H22N4O3. The molecule has 0 radical (unpaired) electrons. The minimum absolute atomic E-state index is 0.101. The van der Waals surface area contributed by atoms with E-state index in [1.807, 2.05) is 20.8 Å². The van der Waals surface area contributed by atoms with Gasteiger partial charge in [0.05, 0.1) is 37.7 Å². The molecule has 0 bridgehead atoms. The summed E-state index contributed by atoms with van der Waals surface area (Å²) in [7, 11) is 0. The zero-order valence-corrected chi connectivity index (χ0v) is 12.2. The van der Waals surface area contributed by atoms with Gasteiger partial charge in [0.25, 0.3) is 0 Å². The van der Waals surface area contributed by atoms with Crippen LogP contribution in [0.4, 0.5) is 10.5 Å². The fourth-order valence-electron chi connectivity index (χ4n) is 2.01. The van der Waals surface area contributed by atoms with Crippen LogP contribution in [0.1, 0.15) is 20.8 Å². The lowest BCUT2D eigenvalue weighted by Gasteiger charge is -2.34. The highest BCUT2D eigenvalue weighted by atomic mass is 16.6. The molecule has 20 heavy (non-hydrogen) atoms. The van der Waals surface area contributed by atoms with Crippen LogP contribution in [0.3, 0.4) is 0 Å². The van der Waals surface area contributed by atoms with Crippen molar-refractivity contribution in [2.24, 2.45) is 0 Å². The van der Waals surface area contributed by atoms with E-state index in [1.165, 1.54) is 0 Å². The summed E-state index contributed by atoms with van der Waals surface area (Å²) < 4.78 is 12.7. The zero-order chi connectivity index (χ0) is 14.8. The summed E-state index contributed by atoms with van der Waals surface area (Å²) in [6, 6.07) is 0. The van der Waals surface area contributed by atoms with Crippen LogP contribution < -0.4 is 5.73 Å². The van der Waals surface area contributed by atoms with Crippen molar-refractivity contribution in [3.05, 3.63) is 12.4 Å². The van der Waals surface area contributed by atoms with Crippen molar-refractivity contribution < 1.29 is 14.3 Å². The number of hydrogen-bond donors (Lipinski definition) is 1. The Labute approximate surface area is 118 Å². The van der Waals surface area contributed by atoms with Crippen LogP contribution in [0.5, 0.6) is 0 Å². The third kappa shape index (κ3) is 4.12. The monoisotopic (exact) mass is 282 g/mol. The van der Waals surface area contributed by atoms with Gasteiger partial charge in [-0.15, -0.1) is 0 Å². The van der Waals surface area contributed by atoms with E-state index in [0.717, 1.165) is 0 Å². The van der Waals surface area contributed by atoms with Crippen molar-refractivity contribution in [2.75, 3.05) is 25.4 Å². The number of morpholine rings is 1. The first-order chi connectivity index (χ1) is 9.33. The van der Waals surface area contributed by atoms with Gasteiger partial charge >= 0.3 is 6.09 Å². The largest absolute Gasteiger partial charge is 0.444 e. The number of aromatic nitrogens is 2. The SMILES string of the molecule is CC(C)(C)OC(=O)N1CCOC(Cn2cc(N)cn2)C1. The molecule has 1 amide bonds. The minimum Gasteiger partial charge on any atom is -0.444 e. The van der Waals surface area contributed by atoms with Gasteiger partial charge in [0.15, 0.2) is 0 Å². The Bertz CT molecular complexity index is 466. The molecule has 7 heteroatoms. The average Bonchev–Trinajstić information content (AvgIpc) is 2.73. The Morgan fingerprint density at radius 3 is 2.95 bits per heavy atom. The lowest BCUT2D eigenvalue weighted by Crippen LogP contribution is -2.48. The number of nitrogens with zero attached hydrogens (tertiary/aromatic N) is 3. The van der Waals surface area contributed by atoms with E-state index in [2.05, 4.69) is 5.10 Å². The normalized spacial score (nSPS) is 19.9. The van der Waals surface area contributed by atoms with Crippen molar-refractivity contribution in [1.29, 1.82) is 0 Å². The number of carbonyl (C=O) groups excluding carboxylic acids is 1. The molecule has 2 rings (SSSR count). The molecule has 1 unspecified atom stereocenters. The molecule has 1 aromatic rings. The molecule has 1 fully saturated rings. The van der Waals surface area contributed by atoms with Crippen LogP contribution in [-0.2, 0) is 16.0 Å². The maximum absolute atomic E-state index is 12.0. The number of nitrogens with two attached hydrogens (primary N) is 1. The van der Waals surface area contributed by atoms with Crippen molar-refractivity contribution in [3.8, 4) is 0 Å². The van der Waals surface area contributed by atoms with Crippen LogP contribution in [-0.4, -0.2) is 52.2 Å². The summed E-state index contributed by atoms with van der Waals surface area (Å²) in [5, 5.41) is 4.12. The molecule has 112 valence electrons. The van der Waals surface area contributed by atoms with Gasteiger partial charge in [-0.05, 0) is 20.8 Å². The van der Waals surface area contributed by atoms with Gasteiger partial charge in [0.1, 0.15) is 5.60 Å². The highest BCUT2D eigenvalue weighted by molar-refractivity contribution is 5.68. The van der Waals surface area contributed by atoms with Crippen LogP contribution in [0.25, 0.3) is 0 Å². The first-order valence-electron chi connectivity index (χ1n) is 6.71. The van der Waals surface area contributed by atoms with Crippen molar-refractivity contribution in [3.63, 3.8) is 0 Å². The summed E-state index contributed by atoms with van der Waals surface area (Å²) in [5.74, 6) is 0. The smallest absolute Gasteiger partial charge is 0.410 e. The Balaban J connectivity index is 1.90. The number of nitrogen functional groups attached to an aromatic ring is 1. The first-order valence-corrected chi connectivity index (χ1v) is 6.71. The maximum Gasteiger partial charge on any atom is 0.410 e. The second-order valence-corrected chi connectivity index (χ2v) is 5.91. The molecular weight excluding hydrogens is 260 g/mol. The molecule has 2 N–H and O–H groups in total. The van der Waals surface area contributed by atoms with Crippen LogP contribution in [0.2, 0.25) is 0 Å². The van der Waals surface area contributed by atoms with Gasteiger partial charge in [0, 0.05) is 12.7 Å². The molecule has 0 aromatic carbocycles. The molecule has 1 aromatic heterocycles. The van der Waals surface area contributed by atoms with Crippen LogP contribution in [0, 0.1) is 0 Å². The van der Waals surface area contributed by atoms with Gasteiger partial charge in [0.2, 0.25) is 0 Å². The lowest BCUT2D eigenvalue weighted by atomic mass is 10.2. The van der Waals surface area contributed by atoms with E-state index >= 15 is 0 Å². The molecule has 1 saturated heterocycles. The number of carbonyl (C=O) groups is 1. The lowest BCUT2D eigenvalue weighted by molar-refractivity contribution is -0.0483. The Morgan fingerprint density at radius 2 is 2.35 bits per heavy atom. The van der Waals surface area contributed by atoms with Crippen LogP contribution in [0.15, 0.2) is 12.4 Å². The molecule has 0 saturated carbocycles. The second kappa shape index (κ2) is 5.70. The quantitative estimate of drug-likeness (QED) is 0.878. The Hall–Kier alpha value is -1.76. The predicted molar refractivity (Wildman–Crippen MR) is 74.2 cm³/mol. The Morgan fingerprint density at radius 1 is 1.60 bits per heavy atom. The summed E-state index contributed by atoms with van der Waals surface area (Å²) in [4.78, 5) is 13.7. The minimum atomic E-state index is -0.485. The van der Waals surface area contributed by atoms with Gasteiger partial charge in [-0.3, -0.25) is 4.68 Å². The highest BCUT2D eigenvalue weighted by Crippen LogP contribution is 2.14. The molecule has 7 nitrogen and oxygen atoms in total. The number of hydrogen-bond acceptors (Lipinski definition) is 5. The van der Waals surface area contributed by atoms with Crippen molar-refractivity contribution in [1.82, 2.24) is 14.7 Å². The summed E-state index contributed by atoms with van der Waals surface area (Å²) in [5.41, 5.74) is 5.75. The maximum atomic E-state index is 12.0. The number of ether oxygens (including phenoxy) is 2. The zero-order valence-electron chi connectivity index (χ0n) is 12.2. The van der Waals surface area contributed by atoms with E-state index in [9.17, 15) is 4.79 Å². The molecule has 0 spiro atoms. The van der Waals surface area contributed by atoms with E-state index in [0.29, 0.717) is 31.9 Å². The van der Waals surface area contributed by atoms with Gasteiger partial charge in [-0.25, -0.2) is 4.79 Å². The van der Waals surface area contributed by atoms with Gasteiger partial charge < -0.3 is 20.1 Å². The highest BCUT2D eigenvalue weighted by Gasteiger charge is 2.28. The standard InChI is InChI=1S/C13H22N4O3/c1-13(2,3)20-12(18)16-4-5-19-11(8-16)9-17-7-10(14)6-15-17/h6-7,11H,4-5,8-9,14H2,1-3H3. The summed E-state index contributed by atoms with van der Waals surface area (Å²) >= 11 is 0. The number of anilines is 1. The fourth-order valence-corrected chi connectivity index (χ4v) is 2.01. The third-order valence-corrected chi connectivity index (χ3v) is 2.83. The average molecular weight is 282 g/mol. The van der Waals surface area contributed by atoms with Crippen molar-refractivity contribution >= 4 is 11.8 Å². The topological polar surface area (TPSA) is 82.6 Å². The number of amides is 1.